The molecule has 106 valence electrons. The van der Waals surface area contributed by atoms with Crippen LogP contribution in [0.5, 0.6) is 5.75 Å². The summed E-state index contributed by atoms with van der Waals surface area (Å²) < 4.78 is 45.0. The van der Waals surface area contributed by atoms with Gasteiger partial charge in [0.15, 0.2) is 0 Å². The molecule has 0 saturated carbocycles. The van der Waals surface area contributed by atoms with Gasteiger partial charge in [-0.3, -0.25) is 0 Å². The van der Waals surface area contributed by atoms with E-state index in [1.54, 1.807) is 0 Å². The molecule has 0 amide bonds. The van der Waals surface area contributed by atoms with Crippen molar-refractivity contribution in [3.8, 4) is 5.75 Å². The molecule has 1 aliphatic heterocycles. The SMILES string of the molecule is OC(c1ccc(OC(F)(F)F)cc1)C1CCOCC1. The van der Waals surface area contributed by atoms with Crippen molar-refractivity contribution in [3.05, 3.63) is 29.8 Å². The first-order chi connectivity index (χ1) is 8.96. The molecule has 1 aromatic rings. The minimum Gasteiger partial charge on any atom is -0.406 e. The minimum absolute atomic E-state index is 0.0862. The maximum absolute atomic E-state index is 12.0. The van der Waals surface area contributed by atoms with Gasteiger partial charge in [0.1, 0.15) is 5.75 Å². The van der Waals surface area contributed by atoms with Crippen molar-refractivity contribution in [3.63, 3.8) is 0 Å². The van der Waals surface area contributed by atoms with Gasteiger partial charge in [0.05, 0.1) is 6.10 Å². The molecule has 0 aliphatic carbocycles. The Labute approximate surface area is 108 Å². The van der Waals surface area contributed by atoms with Crippen LogP contribution in [0, 0.1) is 5.92 Å². The zero-order chi connectivity index (χ0) is 13.9. The molecule has 1 aromatic carbocycles. The predicted molar refractivity (Wildman–Crippen MR) is 61.6 cm³/mol. The van der Waals surface area contributed by atoms with Crippen LogP contribution in [-0.2, 0) is 4.74 Å². The van der Waals surface area contributed by atoms with Crippen molar-refractivity contribution in [1.29, 1.82) is 0 Å². The Balaban J connectivity index is 2.01. The molecular formula is C13H15F3O3. The maximum Gasteiger partial charge on any atom is 0.573 e. The van der Waals surface area contributed by atoms with Crippen molar-refractivity contribution in [1.82, 2.24) is 0 Å². The van der Waals surface area contributed by atoms with Crippen molar-refractivity contribution in [2.75, 3.05) is 13.2 Å². The molecule has 1 atom stereocenters. The van der Waals surface area contributed by atoms with Gasteiger partial charge in [0.25, 0.3) is 0 Å². The molecular weight excluding hydrogens is 261 g/mol. The van der Waals surface area contributed by atoms with Gasteiger partial charge in [-0.15, -0.1) is 13.2 Å². The average molecular weight is 276 g/mol. The second-order valence-electron chi connectivity index (χ2n) is 4.51. The molecule has 0 aromatic heterocycles. The lowest BCUT2D eigenvalue weighted by molar-refractivity contribution is -0.274. The summed E-state index contributed by atoms with van der Waals surface area (Å²) in [4.78, 5) is 0. The van der Waals surface area contributed by atoms with Crippen LogP contribution in [0.4, 0.5) is 13.2 Å². The number of ether oxygens (including phenoxy) is 2. The van der Waals surface area contributed by atoms with Crippen LogP contribution in [0.2, 0.25) is 0 Å². The van der Waals surface area contributed by atoms with E-state index >= 15 is 0 Å². The van der Waals surface area contributed by atoms with Crippen LogP contribution in [-0.4, -0.2) is 24.7 Å². The molecule has 0 bridgehead atoms. The fourth-order valence-corrected chi connectivity index (χ4v) is 2.17. The molecule has 1 unspecified atom stereocenters. The summed E-state index contributed by atoms with van der Waals surface area (Å²) in [6, 6.07) is 5.35. The molecule has 1 fully saturated rings. The summed E-state index contributed by atoms with van der Waals surface area (Å²) >= 11 is 0. The Kier molecular flexibility index (Phi) is 4.31. The second kappa shape index (κ2) is 5.79. The van der Waals surface area contributed by atoms with Gasteiger partial charge in [-0.25, -0.2) is 0 Å². The molecule has 6 heteroatoms. The highest BCUT2D eigenvalue weighted by Gasteiger charge is 2.31. The van der Waals surface area contributed by atoms with Crippen LogP contribution in [0.3, 0.4) is 0 Å². The quantitative estimate of drug-likeness (QED) is 0.922. The standard InChI is InChI=1S/C13H15F3O3/c14-13(15,16)19-11-3-1-9(2-4-11)12(17)10-5-7-18-8-6-10/h1-4,10,12,17H,5-8H2. The Morgan fingerprint density at radius 3 is 2.26 bits per heavy atom. The Hall–Kier alpha value is -1.27. The first-order valence-electron chi connectivity index (χ1n) is 6.07. The number of hydrogen-bond donors (Lipinski definition) is 1. The molecule has 0 spiro atoms. The van der Waals surface area contributed by atoms with Gasteiger partial charge in [-0.05, 0) is 36.5 Å². The monoisotopic (exact) mass is 276 g/mol. The smallest absolute Gasteiger partial charge is 0.406 e. The lowest BCUT2D eigenvalue weighted by Gasteiger charge is -2.27. The van der Waals surface area contributed by atoms with Gasteiger partial charge in [0, 0.05) is 13.2 Å². The van der Waals surface area contributed by atoms with E-state index in [-0.39, 0.29) is 11.7 Å². The van der Waals surface area contributed by atoms with Gasteiger partial charge >= 0.3 is 6.36 Å². The summed E-state index contributed by atoms with van der Waals surface area (Å²) in [6.45, 7) is 1.22. The van der Waals surface area contributed by atoms with Crippen molar-refractivity contribution >= 4 is 0 Å². The molecule has 1 N–H and O–H groups in total. The third-order valence-corrected chi connectivity index (χ3v) is 3.17. The van der Waals surface area contributed by atoms with Crippen molar-refractivity contribution in [2.45, 2.75) is 25.3 Å². The topological polar surface area (TPSA) is 38.7 Å². The lowest BCUT2D eigenvalue weighted by Crippen LogP contribution is -2.22. The number of aliphatic hydroxyl groups is 1. The summed E-state index contributed by atoms with van der Waals surface area (Å²) in [5.41, 5.74) is 0.599. The summed E-state index contributed by atoms with van der Waals surface area (Å²) in [7, 11) is 0. The second-order valence-corrected chi connectivity index (χ2v) is 4.51. The number of alkyl halides is 3. The maximum atomic E-state index is 12.0. The number of aliphatic hydroxyl groups excluding tert-OH is 1. The Morgan fingerprint density at radius 2 is 1.74 bits per heavy atom. The van der Waals surface area contributed by atoms with E-state index in [9.17, 15) is 18.3 Å². The van der Waals surface area contributed by atoms with Crippen LogP contribution in [0.15, 0.2) is 24.3 Å². The number of benzene rings is 1. The lowest BCUT2D eigenvalue weighted by atomic mass is 9.89. The third-order valence-electron chi connectivity index (χ3n) is 3.17. The first kappa shape index (κ1) is 14.1. The minimum atomic E-state index is -4.69. The Morgan fingerprint density at radius 1 is 1.16 bits per heavy atom. The highest BCUT2D eigenvalue weighted by molar-refractivity contribution is 5.29. The molecule has 2 rings (SSSR count). The predicted octanol–water partition coefficient (Wildman–Crippen LogP) is 3.05. The van der Waals surface area contributed by atoms with E-state index in [0.717, 1.165) is 12.8 Å². The molecule has 1 heterocycles. The van der Waals surface area contributed by atoms with E-state index in [2.05, 4.69) is 4.74 Å². The van der Waals surface area contributed by atoms with Crippen LogP contribution in [0.25, 0.3) is 0 Å². The van der Waals surface area contributed by atoms with Gasteiger partial charge in [0.2, 0.25) is 0 Å². The number of rotatable bonds is 3. The molecule has 3 nitrogen and oxygen atoms in total. The van der Waals surface area contributed by atoms with Gasteiger partial charge in [-0.1, -0.05) is 12.1 Å². The van der Waals surface area contributed by atoms with E-state index in [1.807, 2.05) is 0 Å². The fourth-order valence-electron chi connectivity index (χ4n) is 2.17. The van der Waals surface area contributed by atoms with Gasteiger partial charge in [-0.2, -0.15) is 0 Å². The van der Waals surface area contributed by atoms with Gasteiger partial charge < -0.3 is 14.6 Å². The molecule has 1 aliphatic rings. The van der Waals surface area contributed by atoms with E-state index in [0.29, 0.717) is 18.8 Å². The largest absolute Gasteiger partial charge is 0.573 e. The van der Waals surface area contributed by atoms with Crippen LogP contribution >= 0.6 is 0 Å². The summed E-state index contributed by atoms with van der Waals surface area (Å²) in [5.74, 6) is -0.196. The van der Waals surface area contributed by atoms with E-state index in [4.69, 9.17) is 4.74 Å². The highest BCUT2D eigenvalue weighted by atomic mass is 19.4. The first-order valence-corrected chi connectivity index (χ1v) is 6.07. The number of halogens is 3. The molecule has 1 saturated heterocycles. The third kappa shape index (κ3) is 4.11. The Bertz CT molecular complexity index is 397. The summed E-state index contributed by atoms with van der Waals surface area (Å²) in [6.07, 6.45) is -3.87. The molecule has 19 heavy (non-hydrogen) atoms. The highest BCUT2D eigenvalue weighted by Crippen LogP contribution is 2.31. The summed E-state index contributed by atoms with van der Waals surface area (Å²) in [5, 5.41) is 10.2. The fraction of sp³-hybridized carbons (Fsp3) is 0.538. The van der Waals surface area contributed by atoms with Crippen molar-refractivity contribution < 1.29 is 27.8 Å². The van der Waals surface area contributed by atoms with E-state index < -0.39 is 12.5 Å². The normalized spacial score (nSPS) is 19.2. The number of hydrogen-bond acceptors (Lipinski definition) is 3. The molecule has 0 radical (unpaired) electrons. The van der Waals surface area contributed by atoms with Crippen molar-refractivity contribution in [2.24, 2.45) is 5.92 Å². The van der Waals surface area contributed by atoms with Crippen LogP contribution < -0.4 is 4.74 Å². The zero-order valence-electron chi connectivity index (χ0n) is 10.2. The zero-order valence-corrected chi connectivity index (χ0v) is 10.2. The van der Waals surface area contributed by atoms with Crippen LogP contribution in [0.1, 0.15) is 24.5 Å². The average Bonchev–Trinajstić information content (AvgIpc) is 2.38. The van der Waals surface area contributed by atoms with E-state index in [1.165, 1.54) is 24.3 Å².